The number of hydrogen-bond donors (Lipinski definition) is 0. The van der Waals surface area contributed by atoms with Gasteiger partial charge >= 0.3 is 13.2 Å². The lowest BCUT2D eigenvalue weighted by atomic mass is 9.81. The number of nitrogens with zero attached hydrogens (tertiary/aromatic N) is 4. The van der Waals surface area contributed by atoms with Crippen molar-refractivity contribution in [1.82, 2.24) is 14.7 Å². The molecule has 0 saturated carbocycles. The standard InChI is InChI=1S/C22H35BN4O4/c1-15(16-9-10-26(18(11-16)12-24)19(28)29-20(2,3)4)27-14-17(13-25-27)23-30-21(5,6)22(7,8)31-23/h13-16,18H,9-11H2,1-8H3. The van der Waals surface area contributed by atoms with Gasteiger partial charge in [-0.1, -0.05) is 0 Å². The monoisotopic (exact) mass is 430 g/mol. The van der Waals surface area contributed by atoms with Crippen LogP contribution >= 0.6 is 0 Å². The minimum atomic E-state index is -0.583. The Morgan fingerprint density at radius 2 is 1.94 bits per heavy atom. The van der Waals surface area contributed by atoms with Gasteiger partial charge in [0, 0.05) is 24.4 Å². The second-order valence-corrected chi connectivity index (χ2v) is 10.7. The zero-order valence-corrected chi connectivity index (χ0v) is 20.0. The van der Waals surface area contributed by atoms with Gasteiger partial charge in [-0.3, -0.25) is 9.58 Å². The first-order valence-electron chi connectivity index (χ1n) is 11.0. The molecule has 3 unspecified atom stereocenters. The molecule has 2 fully saturated rings. The normalized spacial score (nSPS) is 26.4. The Bertz CT molecular complexity index is 838. The van der Waals surface area contributed by atoms with E-state index in [1.165, 1.54) is 0 Å². The lowest BCUT2D eigenvalue weighted by molar-refractivity contribution is 0.00578. The number of carbonyl (C=O) groups is 1. The third kappa shape index (κ3) is 4.91. The molecule has 8 nitrogen and oxygen atoms in total. The zero-order valence-electron chi connectivity index (χ0n) is 20.0. The summed E-state index contributed by atoms with van der Waals surface area (Å²) in [6.07, 6.45) is 4.70. The summed E-state index contributed by atoms with van der Waals surface area (Å²) in [7, 11) is -0.452. The van der Waals surface area contributed by atoms with Crippen molar-refractivity contribution in [2.45, 2.75) is 97.1 Å². The number of ether oxygens (including phenoxy) is 1. The highest BCUT2D eigenvalue weighted by Gasteiger charge is 2.52. The quantitative estimate of drug-likeness (QED) is 0.684. The van der Waals surface area contributed by atoms with Gasteiger partial charge in [-0.05, 0) is 74.1 Å². The molecule has 2 aliphatic rings. The second kappa shape index (κ2) is 8.14. The SMILES string of the molecule is CC(C1CCN(C(=O)OC(C)(C)C)C(C#N)C1)n1cc(B2OC(C)(C)C(C)(C)O2)cn1. The van der Waals surface area contributed by atoms with Gasteiger partial charge in [-0.15, -0.1) is 0 Å². The summed E-state index contributed by atoms with van der Waals surface area (Å²) in [6.45, 7) is 16.2. The molecule has 1 amide bonds. The first kappa shape index (κ1) is 23.6. The van der Waals surface area contributed by atoms with Crippen molar-refractivity contribution in [1.29, 1.82) is 5.26 Å². The van der Waals surface area contributed by atoms with Crippen molar-refractivity contribution < 1.29 is 18.8 Å². The van der Waals surface area contributed by atoms with Crippen molar-refractivity contribution in [2.24, 2.45) is 5.92 Å². The van der Waals surface area contributed by atoms with Gasteiger partial charge in [0.1, 0.15) is 11.6 Å². The smallest absolute Gasteiger partial charge is 0.444 e. The van der Waals surface area contributed by atoms with Crippen LogP contribution in [0.3, 0.4) is 0 Å². The number of piperidine rings is 1. The predicted molar refractivity (Wildman–Crippen MR) is 118 cm³/mol. The molecular formula is C22H35BN4O4. The van der Waals surface area contributed by atoms with Crippen LogP contribution in [-0.2, 0) is 14.0 Å². The molecule has 31 heavy (non-hydrogen) atoms. The van der Waals surface area contributed by atoms with E-state index in [1.54, 1.807) is 11.1 Å². The molecule has 0 radical (unpaired) electrons. The highest BCUT2D eigenvalue weighted by Crippen LogP contribution is 2.37. The number of rotatable bonds is 3. The van der Waals surface area contributed by atoms with E-state index in [4.69, 9.17) is 14.0 Å². The predicted octanol–water partition coefficient (Wildman–Crippen LogP) is 3.28. The topological polar surface area (TPSA) is 89.6 Å². The van der Waals surface area contributed by atoms with Crippen LogP contribution in [-0.4, -0.2) is 57.3 Å². The van der Waals surface area contributed by atoms with E-state index in [2.05, 4.69) is 18.1 Å². The Labute approximate surface area is 186 Å². The Hall–Kier alpha value is -2.05. The van der Waals surface area contributed by atoms with Gasteiger partial charge in [0.15, 0.2) is 0 Å². The van der Waals surface area contributed by atoms with Crippen LogP contribution in [0.4, 0.5) is 4.79 Å². The Morgan fingerprint density at radius 1 is 1.32 bits per heavy atom. The molecular weight excluding hydrogens is 395 g/mol. The summed E-state index contributed by atoms with van der Waals surface area (Å²) in [5.41, 5.74) is -0.506. The minimum Gasteiger partial charge on any atom is -0.444 e. The van der Waals surface area contributed by atoms with Crippen LogP contribution in [0.5, 0.6) is 0 Å². The van der Waals surface area contributed by atoms with Gasteiger partial charge < -0.3 is 14.0 Å². The number of amides is 1. The van der Waals surface area contributed by atoms with E-state index in [-0.39, 0.29) is 12.0 Å². The zero-order chi connectivity index (χ0) is 23.2. The van der Waals surface area contributed by atoms with Crippen molar-refractivity contribution in [3.8, 4) is 6.07 Å². The third-order valence-corrected chi connectivity index (χ3v) is 6.67. The van der Waals surface area contributed by atoms with Crippen molar-refractivity contribution in [3.05, 3.63) is 12.4 Å². The van der Waals surface area contributed by atoms with Crippen LogP contribution < -0.4 is 5.46 Å². The van der Waals surface area contributed by atoms with Crippen molar-refractivity contribution in [3.63, 3.8) is 0 Å². The van der Waals surface area contributed by atoms with E-state index in [9.17, 15) is 10.1 Å². The molecule has 0 spiro atoms. The molecule has 3 heterocycles. The fourth-order valence-electron chi connectivity index (χ4n) is 3.98. The summed E-state index contributed by atoms with van der Waals surface area (Å²) >= 11 is 0. The molecule has 0 bridgehead atoms. The number of hydrogen-bond acceptors (Lipinski definition) is 6. The van der Waals surface area contributed by atoms with Gasteiger partial charge in [0.05, 0.1) is 23.3 Å². The molecule has 9 heteroatoms. The van der Waals surface area contributed by atoms with Crippen LogP contribution in [0.25, 0.3) is 0 Å². The largest absolute Gasteiger partial charge is 0.498 e. The van der Waals surface area contributed by atoms with E-state index in [0.717, 1.165) is 11.9 Å². The van der Waals surface area contributed by atoms with E-state index in [0.29, 0.717) is 13.0 Å². The summed E-state index contributed by atoms with van der Waals surface area (Å²) in [5, 5.41) is 14.2. The summed E-state index contributed by atoms with van der Waals surface area (Å²) < 4.78 is 19.6. The first-order chi connectivity index (χ1) is 14.2. The van der Waals surface area contributed by atoms with Gasteiger partial charge in [0.25, 0.3) is 0 Å². The van der Waals surface area contributed by atoms with Crippen LogP contribution in [0, 0.1) is 17.2 Å². The maximum absolute atomic E-state index is 12.5. The molecule has 0 aliphatic carbocycles. The van der Waals surface area contributed by atoms with Crippen LogP contribution in [0.1, 0.15) is 74.3 Å². The number of carbonyl (C=O) groups excluding carboxylic acids is 1. The van der Waals surface area contributed by atoms with Crippen molar-refractivity contribution >= 4 is 18.7 Å². The number of likely N-dealkylation sites (tertiary alicyclic amines) is 1. The summed E-state index contributed by atoms with van der Waals surface area (Å²) in [4.78, 5) is 14.0. The van der Waals surface area contributed by atoms with E-state index < -0.39 is 36.1 Å². The van der Waals surface area contributed by atoms with Gasteiger partial charge in [0.2, 0.25) is 0 Å². The molecule has 2 saturated heterocycles. The molecule has 0 N–H and O–H groups in total. The number of aromatic nitrogens is 2. The van der Waals surface area contributed by atoms with Gasteiger partial charge in [-0.25, -0.2) is 4.79 Å². The summed E-state index contributed by atoms with van der Waals surface area (Å²) in [5.74, 6) is 0.217. The van der Waals surface area contributed by atoms with Crippen LogP contribution in [0.2, 0.25) is 0 Å². The van der Waals surface area contributed by atoms with Gasteiger partial charge in [-0.2, -0.15) is 10.4 Å². The fraction of sp³-hybridized carbons (Fsp3) is 0.773. The molecule has 1 aromatic heterocycles. The second-order valence-electron chi connectivity index (χ2n) is 10.7. The van der Waals surface area contributed by atoms with Crippen LogP contribution in [0.15, 0.2) is 12.4 Å². The average molecular weight is 430 g/mol. The molecule has 0 aromatic carbocycles. The molecule has 3 rings (SSSR count). The highest BCUT2D eigenvalue weighted by molar-refractivity contribution is 6.62. The molecule has 2 aliphatic heterocycles. The molecule has 170 valence electrons. The number of nitriles is 1. The Morgan fingerprint density at radius 3 is 2.48 bits per heavy atom. The minimum absolute atomic E-state index is 0.0767. The van der Waals surface area contributed by atoms with Crippen molar-refractivity contribution in [2.75, 3.05) is 6.54 Å². The third-order valence-electron chi connectivity index (χ3n) is 6.67. The Balaban J connectivity index is 1.66. The molecule has 1 aromatic rings. The lowest BCUT2D eigenvalue weighted by Gasteiger charge is -2.38. The molecule has 3 atom stereocenters. The maximum Gasteiger partial charge on any atom is 0.498 e. The van der Waals surface area contributed by atoms with E-state index in [1.807, 2.05) is 59.3 Å². The first-order valence-corrected chi connectivity index (χ1v) is 11.0. The highest BCUT2D eigenvalue weighted by atomic mass is 16.7. The summed E-state index contributed by atoms with van der Waals surface area (Å²) in [6, 6.07) is 1.85. The lowest BCUT2D eigenvalue weighted by Crippen LogP contribution is -2.48. The average Bonchev–Trinajstić information content (AvgIpc) is 3.22. The fourth-order valence-corrected chi connectivity index (χ4v) is 3.98. The Kier molecular flexibility index (Phi) is 6.20. The maximum atomic E-state index is 12.5. The van der Waals surface area contributed by atoms with E-state index >= 15 is 0 Å².